The largest absolute Gasteiger partial charge is 0.330 e. The average molecular weight is 265 g/mol. The van der Waals surface area contributed by atoms with Crippen molar-refractivity contribution in [2.75, 3.05) is 26.2 Å². The fourth-order valence-electron chi connectivity index (χ4n) is 2.58. The molecular formula is C15H22FN2O+. The van der Waals surface area contributed by atoms with Crippen molar-refractivity contribution in [3.8, 4) is 0 Å². The van der Waals surface area contributed by atoms with Crippen LogP contribution in [0.1, 0.15) is 30.6 Å². The standard InChI is InChI=1S/C15H21FN2O/c1-3-12(2)17-8-10-18(11-9-17)15(19)13-6-4-5-7-14(13)16/h4-7,12H,3,8-11H2,1-2H3/p+1/t12-/m1/s1. The van der Waals surface area contributed by atoms with Gasteiger partial charge in [-0.3, -0.25) is 4.79 Å². The molecule has 3 nitrogen and oxygen atoms in total. The molecule has 0 radical (unpaired) electrons. The van der Waals surface area contributed by atoms with Crippen LogP contribution in [0, 0.1) is 5.82 Å². The molecule has 1 atom stereocenters. The van der Waals surface area contributed by atoms with E-state index < -0.39 is 5.82 Å². The number of amides is 1. The zero-order chi connectivity index (χ0) is 13.8. The normalized spacial score (nSPS) is 18.4. The lowest BCUT2D eigenvalue weighted by Crippen LogP contribution is -3.17. The summed E-state index contributed by atoms with van der Waals surface area (Å²) in [4.78, 5) is 15.6. The number of piperazine rings is 1. The molecule has 19 heavy (non-hydrogen) atoms. The van der Waals surface area contributed by atoms with E-state index in [9.17, 15) is 9.18 Å². The number of quaternary nitrogens is 1. The van der Waals surface area contributed by atoms with E-state index in [1.54, 1.807) is 28.0 Å². The summed E-state index contributed by atoms with van der Waals surface area (Å²) in [7, 11) is 0. The lowest BCUT2D eigenvalue weighted by atomic mass is 10.1. The molecule has 4 heteroatoms. The van der Waals surface area contributed by atoms with Crippen LogP contribution in [0.4, 0.5) is 4.39 Å². The Morgan fingerprint density at radius 1 is 1.37 bits per heavy atom. The Kier molecular flexibility index (Phi) is 4.53. The van der Waals surface area contributed by atoms with Crippen molar-refractivity contribution in [1.29, 1.82) is 0 Å². The van der Waals surface area contributed by atoms with Gasteiger partial charge >= 0.3 is 0 Å². The summed E-state index contributed by atoms with van der Waals surface area (Å²) in [6.07, 6.45) is 1.15. The lowest BCUT2D eigenvalue weighted by molar-refractivity contribution is -0.927. The van der Waals surface area contributed by atoms with Crippen LogP contribution in [-0.2, 0) is 0 Å². The van der Waals surface area contributed by atoms with Crippen molar-refractivity contribution < 1.29 is 14.1 Å². The van der Waals surface area contributed by atoms with Crippen LogP contribution >= 0.6 is 0 Å². The number of benzene rings is 1. The molecule has 1 aliphatic heterocycles. The quantitative estimate of drug-likeness (QED) is 0.865. The van der Waals surface area contributed by atoms with Crippen molar-refractivity contribution in [1.82, 2.24) is 4.90 Å². The van der Waals surface area contributed by atoms with Crippen LogP contribution in [-0.4, -0.2) is 43.0 Å². The summed E-state index contributed by atoms with van der Waals surface area (Å²) in [6.45, 7) is 7.77. The number of carbonyl (C=O) groups is 1. The summed E-state index contributed by atoms with van der Waals surface area (Å²) < 4.78 is 13.6. The molecule has 1 aromatic carbocycles. The second-order valence-electron chi connectivity index (χ2n) is 5.24. The SMILES string of the molecule is CC[C@@H](C)[NH+]1CCN(C(=O)c2ccccc2F)CC1. The van der Waals surface area contributed by atoms with Crippen LogP contribution in [0.25, 0.3) is 0 Å². The number of nitrogens with one attached hydrogen (secondary N) is 1. The van der Waals surface area contributed by atoms with Gasteiger partial charge in [-0.25, -0.2) is 4.39 Å². The summed E-state index contributed by atoms with van der Waals surface area (Å²) in [5.74, 6) is -0.606. The zero-order valence-corrected chi connectivity index (χ0v) is 11.7. The monoisotopic (exact) mass is 265 g/mol. The molecule has 2 rings (SSSR count). The third kappa shape index (κ3) is 3.13. The van der Waals surface area contributed by atoms with Crippen molar-refractivity contribution in [3.05, 3.63) is 35.6 Å². The highest BCUT2D eigenvalue weighted by molar-refractivity contribution is 5.94. The first-order valence-corrected chi connectivity index (χ1v) is 7.02. The van der Waals surface area contributed by atoms with Crippen molar-refractivity contribution >= 4 is 5.91 Å². The number of halogens is 1. The van der Waals surface area contributed by atoms with Gasteiger partial charge in [-0.05, 0) is 25.5 Å². The Balaban J connectivity index is 1.98. The van der Waals surface area contributed by atoms with Gasteiger partial charge in [0.1, 0.15) is 5.82 Å². The number of carbonyl (C=O) groups excluding carboxylic acids is 1. The maximum atomic E-state index is 13.6. The second-order valence-corrected chi connectivity index (χ2v) is 5.24. The average Bonchev–Trinajstić information content (AvgIpc) is 2.46. The number of nitrogens with zero attached hydrogens (tertiary/aromatic N) is 1. The first kappa shape index (κ1) is 14.0. The summed E-state index contributed by atoms with van der Waals surface area (Å²) in [6, 6.07) is 6.85. The molecule has 104 valence electrons. The molecule has 1 aromatic rings. The Bertz CT molecular complexity index is 442. The summed E-state index contributed by atoms with van der Waals surface area (Å²) in [5.41, 5.74) is 0.189. The van der Waals surface area contributed by atoms with Gasteiger partial charge < -0.3 is 9.80 Å². The van der Waals surface area contributed by atoms with E-state index in [-0.39, 0.29) is 11.5 Å². The van der Waals surface area contributed by atoms with Gasteiger partial charge in [0.05, 0.1) is 37.8 Å². The molecule has 0 saturated carbocycles. The van der Waals surface area contributed by atoms with Gasteiger partial charge in [-0.1, -0.05) is 19.1 Å². The predicted octanol–water partition coefficient (Wildman–Crippen LogP) is 0.965. The maximum Gasteiger partial charge on any atom is 0.257 e. The second kappa shape index (κ2) is 6.15. The first-order chi connectivity index (χ1) is 9.13. The van der Waals surface area contributed by atoms with Crippen LogP contribution in [0.2, 0.25) is 0 Å². The topological polar surface area (TPSA) is 24.8 Å². The molecule has 0 spiro atoms. The van der Waals surface area contributed by atoms with Gasteiger partial charge in [-0.2, -0.15) is 0 Å². The van der Waals surface area contributed by atoms with Gasteiger partial charge in [0, 0.05) is 0 Å². The lowest BCUT2D eigenvalue weighted by Gasteiger charge is -2.35. The molecule has 1 heterocycles. The van der Waals surface area contributed by atoms with Crippen LogP contribution in [0.15, 0.2) is 24.3 Å². The highest BCUT2D eigenvalue weighted by Gasteiger charge is 2.27. The summed E-state index contributed by atoms with van der Waals surface area (Å²) >= 11 is 0. The third-order valence-corrected chi connectivity index (χ3v) is 4.11. The smallest absolute Gasteiger partial charge is 0.257 e. The van der Waals surface area contributed by atoms with E-state index in [1.807, 2.05) is 0 Å². The van der Waals surface area contributed by atoms with Gasteiger partial charge in [0.25, 0.3) is 5.91 Å². The van der Waals surface area contributed by atoms with Crippen LogP contribution in [0.5, 0.6) is 0 Å². The Labute approximate surface area is 114 Å². The van der Waals surface area contributed by atoms with E-state index in [0.29, 0.717) is 19.1 Å². The molecule has 0 unspecified atom stereocenters. The Morgan fingerprint density at radius 3 is 2.58 bits per heavy atom. The van der Waals surface area contributed by atoms with E-state index in [4.69, 9.17) is 0 Å². The van der Waals surface area contributed by atoms with E-state index >= 15 is 0 Å². The van der Waals surface area contributed by atoms with Gasteiger partial charge in [0.15, 0.2) is 0 Å². The molecule has 1 saturated heterocycles. The minimum atomic E-state index is -0.427. The maximum absolute atomic E-state index is 13.6. The highest BCUT2D eigenvalue weighted by atomic mass is 19.1. The predicted molar refractivity (Wildman–Crippen MR) is 72.8 cm³/mol. The molecule has 1 fully saturated rings. The van der Waals surface area contributed by atoms with Gasteiger partial charge in [-0.15, -0.1) is 0 Å². The Hall–Kier alpha value is -1.42. The van der Waals surface area contributed by atoms with E-state index in [1.165, 1.54) is 6.07 Å². The van der Waals surface area contributed by atoms with Crippen LogP contribution in [0.3, 0.4) is 0 Å². The number of hydrogen-bond donors (Lipinski definition) is 1. The minimum Gasteiger partial charge on any atom is -0.330 e. The molecule has 0 aliphatic carbocycles. The zero-order valence-electron chi connectivity index (χ0n) is 11.7. The van der Waals surface area contributed by atoms with Crippen LogP contribution < -0.4 is 4.90 Å². The molecular weight excluding hydrogens is 243 g/mol. The van der Waals surface area contributed by atoms with E-state index in [2.05, 4.69) is 13.8 Å². The summed E-state index contributed by atoms with van der Waals surface area (Å²) in [5, 5.41) is 0. The van der Waals surface area contributed by atoms with Crippen molar-refractivity contribution in [3.63, 3.8) is 0 Å². The van der Waals surface area contributed by atoms with Crippen molar-refractivity contribution in [2.24, 2.45) is 0 Å². The minimum absolute atomic E-state index is 0.179. The number of rotatable bonds is 3. The molecule has 0 aromatic heterocycles. The first-order valence-electron chi connectivity index (χ1n) is 7.02. The fraction of sp³-hybridized carbons (Fsp3) is 0.533. The third-order valence-electron chi connectivity index (χ3n) is 4.11. The molecule has 1 aliphatic rings. The molecule has 0 bridgehead atoms. The fourth-order valence-corrected chi connectivity index (χ4v) is 2.58. The molecule has 1 amide bonds. The van der Waals surface area contributed by atoms with Gasteiger partial charge in [0.2, 0.25) is 0 Å². The van der Waals surface area contributed by atoms with Crippen molar-refractivity contribution in [2.45, 2.75) is 26.3 Å². The highest BCUT2D eigenvalue weighted by Crippen LogP contribution is 2.10. The number of hydrogen-bond acceptors (Lipinski definition) is 1. The molecule has 1 N–H and O–H groups in total. The van der Waals surface area contributed by atoms with E-state index in [0.717, 1.165) is 19.5 Å². The Morgan fingerprint density at radius 2 is 2.00 bits per heavy atom.